The number of alkyl halides is 6. The fraction of sp³-hybridized carbons (Fsp3) is 0.0625. The van der Waals surface area contributed by atoms with Crippen molar-refractivity contribution in [3.8, 4) is 46.5 Å². The second-order valence-corrected chi connectivity index (χ2v) is 9.35. The topological polar surface area (TPSA) is 95.2 Å². The van der Waals surface area contributed by atoms with E-state index in [9.17, 15) is 65.0 Å². The van der Waals surface area contributed by atoms with Gasteiger partial charge in [0.2, 0.25) is 0 Å². The summed E-state index contributed by atoms with van der Waals surface area (Å²) in [6.07, 6.45) is -10.6. The van der Waals surface area contributed by atoms with Crippen LogP contribution in [0.2, 0.25) is 0 Å². The summed E-state index contributed by atoms with van der Waals surface area (Å²) in [5, 5.41) is 38.8. The second-order valence-electron chi connectivity index (χ2n) is 9.35. The molecule has 0 spiro atoms. The Hall–Kier alpha value is -6.12. The van der Waals surface area contributed by atoms with Crippen LogP contribution in [0, 0.1) is 68.6 Å². The van der Waals surface area contributed by atoms with Gasteiger partial charge in [-0.1, -0.05) is 24.3 Å². The first-order valence-corrected chi connectivity index (χ1v) is 12.3. The van der Waals surface area contributed by atoms with Gasteiger partial charge >= 0.3 is 12.4 Å². The highest BCUT2D eigenvalue weighted by Crippen LogP contribution is 2.40. The summed E-state index contributed by atoms with van der Waals surface area (Å²) in [5.41, 5.74) is -7.28. The molecule has 4 rings (SSSR count). The first-order valence-electron chi connectivity index (χ1n) is 12.3. The van der Waals surface area contributed by atoms with Gasteiger partial charge in [-0.15, -0.1) is 0 Å². The van der Waals surface area contributed by atoms with Crippen molar-refractivity contribution in [3.05, 3.63) is 123 Å². The van der Waals surface area contributed by atoms with Crippen molar-refractivity contribution in [2.75, 3.05) is 0 Å². The van der Waals surface area contributed by atoms with Gasteiger partial charge in [-0.2, -0.15) is 47.4 Å². The van der Waals surface area contributed by atoms with Crippen LogP contribution in [0.5, 0.6) is 0 Å². The van der Waals surface area contributed by atoms with E-state index in [1.807, 2.05) is 0 Å². The fourth-order valence-corrected chi connectivity index (χ4v) is 4.58. The minimum absolute atomic E-state index is 0.0825. The van der Waals surface area contributed by atoms with Crippen molar-refractivity contribution in [2.45, 2.75) is 12.4 Å². The van der Waals surface area contributed by atoms with Gasteiger partial charge in [-0.05, 0) is 69.8 Å². The van der Waals surface area contributed by atoms with Gasteiger partial charge in [0.25, 0.3) is 0 Å². The molecule has 46 heavy (non-hydrogen) atoms. The van der Waals surface area contributed by atoms with Gasteiger partial charge in [-0.3, -0.25) is 0 Å². The summed E-state index contributed by atoms with van der Waals surface area (Å²) < 4.78 is 136. The minimum atomic E-state index is -5.28. The molecule has 0 aliphatic carbocycles. The SMILES string of the molecule is N#CC(C#N)=C(c1ccc(-c2cc(F)c(F)c(C(F)(F)F)c2)c(C#N)c1)c1ccc(-c2cc(F)c(F)c(C(F)(F)F)c2)c(C#N)c1. The normalized spacial score (nSPS) is 11.2. The Kier molecular flexibility index (Phi) is 8.63. The third-order valence-corrected chi connectivity index (χ3v) is 6.62. The van der Waals surface area contributed by atoms with Gasteiger partial charge in [0.05, 0.1) is 34.4 Å². The maximum Gasteiger partial charge on any atom is 0.419 e. The quantitative estimate of drug-likeness (QED) is 0.164. The van der Waals surface area contributed by atoms with Crippen LogP contribution >= 0.6 is 0 Å². The number of nitrogens with zero attached hydrogens (tertiary/aromatic N) is 4. The van der Waals surface area contributed by atoms with Crippen LogP contribution in [0.25, 0.3) is 27.8 Å². The number of nitriles is 4. The van der Waals surface area contributed by atoms with Gasteiger partial charge in [0.15, 0.2) is 23.3 Å². The van der Waals surface area contributed by atoms with E-state index in [0.29, 0.717) is 24.3 Å². The molecule has 0 saturated heterocycles. The molecule has 0 aliphatic rings. The third kappa shape index (κ3) is 6.10. The molecular weight excluding hydrogens is 630 g/mol. The molecule has 4 aromatic carbocycles. The third-order valence-electron chi connectivity index (χ3n) is 6.62. The van der Waals surface area contributed by atoms with E-state index >= 15 is 0 Å². The maximum absolute atomic E-state index is 14.1. The molecule has 0 atom stereocenters. The predicted octanol–water partition coefficient (Wildman–Crippen LogP) is 9.21. The van der Waals surface area contributed by atoms with Gasteiger partial charge in [0, 0.05) is 5.57 Å². The maximum atomic E-state index is 14.1. The average Bonchev–Trinajstić information content (AvgIpc) is 3.00. The largest absolute Gasteiger partial charge is 0.419 e. The molecule has 4 aromatic rings. The van der Waals surface area contributed by atoms with E-state index in [-0.39, 0.29) is 27.8 Å². The summed E-state index contributed by atoms with van der Waals surface area (Å²) in [7, 11) is 0. The van der Waals surface area contributed by atoms with Crippen LogP contribution < -0.4 is 0 Å². The summed E-state index contributed by atoms with van der Waals surface area (Å²) in [6, 6.07) is 14.5. The number of rotatable bonds is 4. The monoisotopic (exact) mass is 640 g/mol. The Balaban J connectivity index is 1.92. The van der Waals surface area contributed by atoms with Gasteiger partial charge in [-0.25, -0.2) is 17.6 Å². The van der Waals surface area contributed by atoms with E-state index in [2.05, 4.69) is 0 Å². The number of allylic oxidation sites excluding steroid dienone is 1. The Morgan fingerprint density at radius 2 is 0.891 bits per heavy atom. The van der Waals surface area contributed by atoms with Crippen molar-refractivity contribution in [2.24, 2.45) is 0 Å². The lowest BCUT2D eigenvalue weighted by molar-refractivity contribution is -0.141. The molecule has 14 heteroatoms. The Labute approximate surface area is 252 Å². The molecule has 0 aliphatic heterocycles. The Morgan fingerprint density at radius 3 is 1.20 bits per heavy atom. The number of hydrogen-bond acceptors (Lipinski definition) is 4. The highest BCUT2D eigenvalue weighted by Gasteiger charge is 2.37. The molecule has 0 radical (unpaired) electrons. The second kappa shape index (κ2) is 12.1. The lowest BCUT2D eigenvalue weighted by Gasteiger charge is -2.15. The van der Waals surface area contributed by atoms with Crippen molar-refractivity contribution in [1.82, 2.24) is 0 Å². The van der Waals surface area contributed by atoms with Crippen LogP contribution in [0.1, 0.15) is 33.4 Å². The molecule has 0 N–H and O–H groups in total. The first kappa shape index (κ1) is 32.8. The van der Waals surface area contributed by atoms with Crippen LogP contribution in [0.15, 0.2) is 66.2 Å². The highest BCUT2D eigenvalue weighted by atomic mass is 19.4. The van der Waals surface area contributed by atoms with E-state index in [0.717, 1.165) is 36.4 Å². The molecule has 0 aromatic heterocycles. The zero-order chi connectivity index (χ0) is 34.1. The molecular formula is C32H10F10N4. The van der Waals surface area contributed by atoms with Crippen molar-refractivity contribution < 1.29 is 43.9 Å². The number of halogens is 10. The predicted molar refractivity (Wildman–Crippen MR) is 140 cm³/mol. The van der Waals surface area contributed by atoms with Crippen molar-refractivity contribution in [3.63, 3.8) is 0 Å². The molecule has 228 valence electrons. The van der Waals surface area contributed by atoms with Gasteiger partial charge < -0.3 is 0 Å². The van der Waals surface area contributed by atoms with Crippen molar-refractivity contribution in [1.29, 1.82) is 21.0 Å². The zero-order valence-corrected chi connectivity index (χ0v) is 22.3. The molecule has 0 saturated carbocycles. The standard InChI is InChI=1S/C32H10F10N4/c33-26-9-17(7-24(29(26)35)31(37,38)39)22-3-1-15(5-19(22)11-43)28(21(13-45)14-46)16-2-4-23(20(6-16)12-44)18-8-25(32(40,41)42)30(36)27(34)10-18/h1-10H. The molecule has 0 unspecified atom stereocenters. The number of hydrogen-bond donors (Lipinski definition) is 0. The zero-order valence-electron chi connectivity index (χ0n) is 22.3. The molecule has 4 nitrogen and oxygen atoms in total. The minimum Gasteiger partial charge on any atom is -0.204 e. The molecule has 0 amide bonds. The summed E-state index contributed by atoms with van der Waals surface area (Å²) in [4.78, 5) is 0. The lowest BCUT2D eigenvalue weighted by atomic mass is 9.87. The lowest BCUT2D eigenvalue weighted by Crippen LogP contribution is -2.10. The van der Waals surface area contributed by atoms with Crippen LogP contribution in [-0.2, 0) is 12.4 Å². The Bertz CT molecular complexity index is 1970. The van der Waals surface area contributed by atoms with E-state index in [1.165, 1.54) is 0 Å². The molecule has 0 fully saturated rings. The smallest absolute Gasteiger partial charge is 0.204 e. The van der Waals surface area contributed by atoms with E-state index in [1.54, 1.807) is 24.3 Å². The van der Waals surface area contributed by atoms with Crippen molar-refractivity contribution >= 4 is 5.57 Å². The summed E-state index contributed by atoms with van der Waals surface area (Å²) in [5.74, 6) is -8.00. The average molecular weight is 640 g/mol. The van der Waals surface area contributed by atoms with Crippen LogP contribution in [0.4, 0.5) is 43.9 Å². The number of benzene rings is 4. The molecule has 0 heterocycles. The van der Waals surface area contributed by atoms with Gasteiger partial charge in [0.1, 0.15) is 17.7 Å². The first-order chi connectivity index (χ1) is 21.5. The highest BCUT2D eigenvalue weighted by molar-refractivity contribution is 5.90. The Morgan fingerprint density at radius 1 is 0.522 bits per heavy atom. The van der Waals surface area contributed by atoms with E-state index < -0.39 is 74.6 Å². The fourth-order valence-electron chi connectivity index (χ4n) is 4.58. The summed E-state index contributed by atoms with van der Waals surface area (Å²) >= 11 is 0. The van der Waals surface area contributed by atoms with E-state index in [4.69, 9.17) is 0 Å². The molecule has 0 bridgehead atoms. The van der Waals surface area contributed by atoms with Crippen LogP contribution in [0.3, 0.4) is 0 Å². The van der Waals surface area contributed by atoms with Crippen LogP contribution in [-0.4, -0.2) is 0 Å². The summed E-state index contributed by atoms with van der Waals surface area (Å²) in [6.45, 7) is 0.